The lowest BCUT2D eigenvalue weighted by molar-refractivity contribution is 0.0936. The molecule has 0 atom stereocenters. The Bertz CT molecular complexity index is 1280. The van der Waals surface area contributed by atoms with Crippen LogP contribution in [0.5, 0.6) is 17.2 Å². The number of aromatic nitrogens is 2. The number of amides is 1. The predicted octanol–water partition coefficient (Wildman–Crippen LogP) is 5.53. The number of carbonyl (C=O) groups excluding carboxylic acids is 1. The van der Waals surface area contributed by atoms with Crippen molar-refractivity contribution < 1.29 is 14.3 Å². The standard InChI is InChI=1S/C24H18ClN3O3/c1-27-10-8-16(14-27)22-13-20(7-9-26-22)31-19-5-6-23-21(12-19)24(29)28(15-30-23)18-4-2-3-17(25)11-18/h2-14H,15H2,1H3. The third-order valence-electron chi connectivity index (χ3n) is 4.99. The van der Waals surface area contributed by atoms with Gasteiger partial charge in [0.1, 0.15) is 17.2 Å². The molecule has 0 spiro atoms. The smallest absolute Gasteiger partial charge is 0.264 e. The first-order valence-corrected chi connectivity index (χ1v) is 10.1. The van der Waals surface area contributed by atoms with Crippen LogP contribution in [0.3, 0.4) is 0 Å². The predicted molar refractivity (Wildman–Crippen MR) is 119 cm³/mol. The van der Waals surface area contributed by atoms with E-state index in [0.29, 0.717) is 33.5 Å². The van der Waals surface area contributed by atoms with Gasteiger partial charge in [0.25, 0.3) is 5.91 Å². The van der Waals surface area contributed by atoms with Crippen LogP contribution in [0.25, 0.3) is 11.3 Å². The van der Waals surface area contributed by atoms with Crippen molar-refractivity contribution in [2.45, 2.75) is 0 Å². The number of anilines is 1. The molecule has 0 N–H and O–H groups in total. The summed E-state index contributed by atoms with van der Waals surface area (Å²) in [5.74, 6) is 1.52. The van der Waals surface area contributed by atoms with Gasteiger partial charge in [-0.3, -0.25) is 14.7 Å². The van der Waals surface area contributed by atoms with Crippen LogP contribution >= 0.6 is 11.6 Å². The molecular formula is C24H18ClN3O3. The zero-order valence-corrected chi connectivity index (χ0v) is 17.4. The van der Waals surface area contributed by atoms with Gasteiger partial charge in [0, 0.05) is 48.0 Å². The molecule has 1 aliphatic rings. The zero-order valence-electron chi connectivity index (χ0n) is 16.7. The van der Waals surface area contributed by atoms with E-state index >= 15 is 0 Å². The number of hydrogen-bond acceptors (Lipinski definition) is 4. The number of carbonyl (C=O) groups is 1. The van der Waals surface area contributed by atoms with E-state index in [1.165, 1.54) is 4.90 Å². The molecule has 0 radical (unpaired) electrons. The summed E-state index contributed by atoms with van der Waals surface area (Å²) in [5.41, 5.74) is 2.92. The number of hydrogen-bond donors (Lipinski definition) is 0. The van der Waals surface area contributed by atoms with Crippen LogP contribution in [-0.4, -0.2) is 22.2 Å². The van der Waals surface area contributed by atoms with Crippen LogP contribution in [0.15, 0.2) is 79.3 Å². The van der Waals surface area contributed by atoms with E-state index in [0.717, 1.165) is 11.3 Å². The van der Waals surface area contributed by atoms with Crippen molar-refractivity contribution in [2.24, 2.45) is 7.05 Å². The second-order valence-electron chi connectivity index (χ2n) is 7.19. The molecule has 0 saturated carbocycles. The van der Waals surface area contributed by atoms with Gasteiger partial charge in [0.15, 0.2) is 6.73 Å². The lowest BCUT2D eigenvalue weighted by Crippen LogP contribution is -2.38. The number of pyridine rings is 1. The fourth-order valence-electron chi connectivity index (χ4n) is 3.46. The minimum atomic E-state index is -0.173. The summed E-state index contributed by atoms with van der Waals surface area (Å²) in [7, 11) is 1.96. The summed E-state index contributed by atoms with van der Waals surface area (Å²) in [4.78, 5) is 19.1. The molecule has 1 aliphatic heterocycles. The number of benzene rings is 2. The fourth-order valence-corrected chi connectivity index (χ4v) is 3.65. The second-order valence-corrected chi connectivity index (χ2v) is 7.63. The van der Waals surface area contributed by atoms with Crippen molar-refractivity contribution in [1.29, 1.82) is 0 Å². The molecule has 4 aromatic rings. The first kappa shape index (κ1) is 19.2. The molecule has 0 unspecified atom stereocenters. The molecule has 0 bridgehead atoms. The maximum atomic E-state index is 13.1. The van der Waals surface area contributed by atoms with Gasteiger partial charge in [-0.25, -0.2) is 0 Å². The second kappa shape index (κ2) is 7.81. The first-order valence-electron chi connectivity index (χ1n) is 9.67. The highest BCUT2D eigenvalue weighted by Crippen LogP contribution is 2.34. The summed E-state index contributed by atoms with van der Waals surface area (Å²) in [5, 5.41) is 0.556. The summed E-state index contributed by atoms with van der Waals surface area (Å²) < 4.78 is 13.8. The average molecular weight is 432 g/mol. The molecule has 0 fully saturated rings. The van der Waals surface area contributed by atoms with Crippen LogP contribution in [0.2, 0.25) is 5.02 Å². The minimum Gasteiger partial charge on any atom is -0.472 e. The zero-order chi connectivity index (χ0) is 21.4. The lowest BCUT2D eigenvalue weighted by Gasteiger charge is -2.29. The van der Waals surface area contributed by atoms with E-state index in [4.69, 9.17) is 21.1 Å². The van der Waals surface area contributed by atoms with Crippen molar-refractivity contribution >= 4 is 23.2 Å². The van der Waals surface area contributed by atoms with E-state index in [1.807, 2.05) is 42.2 Å². The summed E-state index contributed by atoms with van der Waals surface area (Å²) in [6.07, 6.45) is 5.65. The van der Waals surface area contributed by atoms with Gasteiger partial charge in [-0.15, -0.1) is 0 Å². The van der Waals surface area contributed by atoms with Crippen LogP contribution in [0.4, 0.5) is 5.69 Å². The van der Waals surface area contributed by atoms with E-state index in [1.54, 1.807) is 48.7 Å². The van der Waals surface area contributed by atoms with Crippen LogP contribution in [-0.2, 0) is 7.05 Å². The van der Waals surface area contributed by atoms with E-state index in [2.05, 4.69) is 4.98 Å². The number of ether oxygens (including phenoxy) is 2. The van der Waals surface area contributed by atoms with Crippen LogP contribution in [0, 0.1) is 0 Å². The molecule has 7 heteroatoms. The Morgan fingerprint density at radius 3 is 2.74 bits per heavy atom. The highest BCUT2D eigenvalue weighted by molar-refractivity contribution is 6.31. The quantitative estimate of drug-likeness (QED) is 0.426. The van der Waals surface area contributed by atoms with Crippen molar-refractivity contribution in [2.75, 3.05) is 11.6 Å². The van der Waals surface area contributed by atoms with Gasteiger partial charge < -0.3 is 14.0 Å². The Morgan fingerprint density at radius 2 is 1.94 bits per heavy atom. The number of rotatable bonds is 4. The van der Waals surface area contributed by atoms with Crippen molar-refractivity contribution in [3.63, 3.8) is 0 Å². The molecule has 154 valence electrons. The first-order chi connectivity index (χ1) is 15.1. The molecule has 3 heterocycles. The summed E-state index contributed by atoms with van der Waals surface area (Å²) in [6.45, 7) is 0.122. The molecule has 5 rings (SSSR count). The van der Waals surface area contributed by atoms with Crippen molar-refractivity contribution in [1.82, 2.24) is 9.55 Å². The third-order valence-corrected chi connectivity index (χ3v) is 5.23. The van der Waals surface area contributed by atoms with Crippen molar-refractivity contribution in [3.05, 3.63) is 89.8 Å². The molecule has 2 aromatic carbocycles. The van der Waals surface area contributed by atoms with Crippen molar-refractivity contribution in [3.8, 4) is 28.5 Å². The van der Waals surface area contributed by atoms with E-state index < -0.39 is 0 Å². The Hall–Kier alpha value is -3.77. The van der Waals surface area contributed by atoms with Gasteiger partial charge in [0.05, 0.1) is 11.3 Å². The number of fused-ring (bicyclic) bond motifs is 1. The minimum absolute atomic E-state index is 0.122. The van der Waals surface area contributed by atoms with Crippen LogP contribution in [0.1, 0.15) is 10.4 Å². The highest BCUT2D eigenvalue weighted by atomic mass is 35.5. The Kier molecular flexibility index (Phi) is 4.84. The number of nitrogens with zero attached hydrogens (tertiary/aromatic N) is 3. The normalized spacial score (nSPS) is 13.0. The molecular weight excluding hydrogens is 414 g/mol. The fraction of sp³-hybridized carbons (Fsp3) is 0.0833. The number of halogens is 1. The Labute approximate surface area is 184 Å². The average Bonchev–Trinajstić information content (AvgIpc) is 3.21. The summed E-state index contributed by atoms with van der Waals surface area (Å²) in [6, 6.07) is 18.0. The third kappa shape index (κ3) is 3.85. The number of aryl methyl sites for hydroxylation is 1. The largest absolute Gasteiger partial charge is 0.472 e. The lowest BCUT2D eigenvalue weighted by atomic mass is 10.1. The highest BCUT2D eigenvalue weighted by Gasteiger charge is 2.27. The van der Waals surface area contributed by atoms with E-state index in [9.17, 15) is 4.79 Å². The van der Waals surface area contributed by atoms with Gasteiger partial charge in [-0.1, -0.05) is 17.7 Å². The van der Waals surface area contributed by atoms with Gasteiger partial charge in [-0.2, -0.15) is 0 Å². The van der Waals surface area contributed by atoms with Gasteiger partial charge >= 0.3 is 0 Å². The van der Waals surface area contributed by atoms with Gasteiger partial charge in [0.2, 0.25) is 0 Å². The molecule has 6 nitrogen and oxygen atoms in total. The monoisotopic (exact) mass is 431 g/mol. The summed E-state index contributed by atoms with van der Waals surface area (Å²) >= 11 is 6.08. The molecule has 0 aliphatic carbocycles. The van der Waals surface area contributed by atoms with Crippen LogP contribution < -0.4 is 14.4 Å². The topological polar surface area (TPSA) is 56.6 Å². The SMILES string of the molecule is Cn1ccc(-c2cc(Oc3ccc4c(c3)C(=O)N(c3cccc(Cl)c3)CO4)ccn2)c1. The Balaban J connectivity index is 1.41. The molecule has 0 saturated heterocycles. The molecule has 31 heavy (non-hydrogen) atoms. The van der Waals surface area contributed by atoms with Gasteiger partial charge in [-0.05, 0) is 48.5 Å². The molecule has 2 aromatic heterocycles. The maximum absolute atomic E-state index is 13.1. The molecule has 1 amide bonds. The van der Waals surface area contributed by atoms with E-state index in [-0.39, 0.29) is 12.6 Å². The Morgan fingerprint density at radius 1 is 1.06 bits per heavy atom. The maximum Gasteiger partial charge on any atom is 0.264 e.